The molecule has 1 aromatic rings. The van der Waals surface area contributed by atoms with Gasteiger partial charge in [0.05, 0.1) is 12.9 Å². The van der Waals surface area contributed by atoms with Gasteiger partial charge < -0.3 is 10.1 Å². The Labute approximate surface area is 110 Å². The van der Waals surface area contributed by atoms with Gasteiger partial charge in [0.15, 0.2) is 0 Å². The van der Waals surface area contributed by atoms with E-state index in [4.69, 9.17) is 4.74 Å². The molecule has 1 aromatic carbocycles. The summed E-state index contributed by atoms with van der Waals surface area (Å²) in [5, 5.41) is 3.57. The Kier molecular flexibility index (Phi) is 5.28. The van der Waals surface area contributed by atoms with E-state index in [0.717, 1.165) is 32.4 Å². The van der Waals surface area contributed by atoms with Crippen LogP contribution in [0.2, 0.25) is 0 Å². The summed E-state index contributed by atoms with van der Waals surface area (Å²) in [7, 11) is 0. The minimum absolute atomic E-state index is 0.468. The second-order valence-corrected chi connectivity index (χ2v) is 4.80. The maximum absolute atomic E-state index is 5.46. The summed E-state index contributed by atoms with van der Waals surface area (Å²) < 4.78 is 5.46. The zero-order valence-corrected chi connectivity index (χ0v) is 11.2. The normalized spacial score (nSPS) is 16.8. The van der Waals surface area contributed by atoms with E-state index in [2.05, 4.69) is 42.6 Å². The number of ether oxygens (including phenoxy) is 1. The summed E-state index contributed by atoms with van der Waals surface area (Å²) in [6.45, 7) is 4.05. The van der Waals surface area contributed by atoms with E-state index in [0.29, 0.717) is 6.04 Å². The van der Waals surface area contributed by atoms with Crippen molar-refractivity contribution >= 4 is 0 Å². The van der Waals surface area contributed by atoms with Gasteiger partial charge >= 0.3 is 0 Å². The smallest absolute Gasteiger partial charge is 0.0876 e. The predicted octanol–water partition coefficient (Wildman–Crippen LogP) is 3.29. The van der Waals surface area contributed by atoms with Gasteiger partial charge in [0, 0.05) is 6.04 Å². The van der Waals surface area contributed by atoms with Crippen molar-refractivity contribution in [2.45, 2.75) is 38.6 Å². The zero-order chi connectivity index (χ0) is 12.6. The lowest BCUT2D eigenvalue weighted by Gasteiger charge is -2.24. The van der Waals surface area contributed by atoms with Crippen LogP contribution >= 0.6 is 0 Å². The van der Waals surface area contributed by atoms with Crippen LogP contribution in [0.5, 0.6) is 0 Å². The van der Waals surface area contributed by atoms with Crippen LogP contribution in [0.3, 0.4) is 0 Å². The molecular weight excluding hydrogens is 222 g/mol. The number of benzene rings is 1. The van der Waals surface area contributed by atoms with Gasteiger partial charge in [0.25, 0.3) is 0 Å². The topological polar surface area (TPSA) is 21.3 Å². The zero-order valence-electron chi connectivity index (χ0n) is 11.2. The van der Waals surface area contributed by atoms with Crippen LogP contribution in [0.15, 0.2) is 42.2 Å². The van der Waals surface area contributed by atoms with Crippen molar-refractivity contribution in [3.05, 3.63) is 47.7 Å². The third kappa shape index (κ3) is 3.88. The van der Waals surface area contributed by atoms with Gasteiger partial charge in [-0.25, -0.2) is 0 Å². The molecule has 0 saturated carbocycles. The fraction of sp³-hybridized carbons (Fsp3) is 0.500. The van der Waals surface area contributed by atoms with Crippen LogP contribution in [0, 0.1) is 0 Å². The van der Waals surface area contributed by atoms with Crippen molar-refractivity contribution in [1.82, 2.24) is 5.32 Å². The van der Waals surface area contributed by atoms with Crippen LogP contribution in [0.1, 0.15) is 31.7 Å². The van der Waals surface area contributed by atoms with Crippen molar-refractivity contribution < 1.29 is 4.74 Å². The number of likely N-dealkylation sites (N-methyl/N-ethyl adjacent to an activating group) is 1. The van der Waals surface area contributed by atoms with E-state index in [9.17, 15) is 0 Å². The monoisotopic (exact) mass is 245 g/mol. The van der Waals surface area contributed by atoms with Gasteiger partial charge in [-0.1, -0.05) is 37.3 Å². The van der Waals surface area contributed by atoms with Gasteiger partial charge in [-0.05, 0) is 43.4 Å². The van der Waals surface area contributed by atoms with E-state index in [1.807, 2.05) is 6.26 Å². The quantitative estimate of drug-likeness (QED) is 0.830. The molecule has 2 nitrogen and oxygen atoms in total. The van der Waals surface area contributed by atoms with Crippen molar-refractivity contribution in [2.24, 2.45) is 0 Å². The first-order valence-electron chi connectivity index (χ1n) is 6.98. The Balaban J connectivity index is 1.91. The summed E-state index contributed by atoms with van der Waals surface area (Å²) >= 11 is 0. The van der Waals surface area contributed by atoms with Crippen LogP contribution in [0.4, 0.5) is 0 Å². The standard InChI is InChI=1S/C16H23NO/c1-2-17-16(15-9-6-12-18-13-15)11-10-14-7-4-3-5-8-14/h3-5,7-8,13,16-17H,2,6,9-12H2,1H3. The van der Waals surface area contributed by atoms with Crippen LogP contribution in [0.25, 0.3) is 0 Å². The Morgan fingerprint density at radius 3 is 2.78 bits per heavy atom. The fourth-order valence-electron chi connectivity index (χ4n) is 2.46. The molecule has 2 rings (SSSR count). The third-order valence-corrected chi connectivity index (χ3v) is 3.42. The molecule has 2 heteroatoms. The number of rotatable bonds is 6. The van der Waals surface area contributed by atoms with Gasteiger partial charge in [0.2, 0.25) is 0 Å². The Morgan fingerprint density at radius 1 is 1.28 bits per heavy atom. The summed E-state index contributed by atoms with van der Waals surface area (Å²) in [4.78, 5) is 0. The number of nitrogens with one attached hydrogen (secondary N) is 1. The molecule has 0 amide bonds. The van der Waals surface area contributed by atoms with Gasteiger partial charge in [0.1, 0.15) is 0 Å². The lowest BCUT2D eigenvalue weighted by Crippen LogP contribution is -2.32. The lowest BCUT2D eigenvalue weighted by atomic mass is 9.96. The molecule has 1 N–H and O–H groups in total. The van der Waals surface area contributed by atoms with E-state index >= 15 is 0 Å². The Hall–Kier alpha value is -1.28. The van der Waals surface area contributed by atoms with E-state index in [-0.39, 0.29) is 0 Å². The summed E-state index contributed by atoms with van der Waals surface area (Å²) in [6.07, 6.45) is 6.57. The Morgan fingerprint density at radius 2 is 2.11 bits per heavy atom. The highest BCUT2D eigenvalue weighted by Gasteiger charge is 2.15. The fourth-order valence-corrected chi connectivity index (χ4v) is 2.46. The van der Waals surface area contributed by atoms with Crippen molar-refractivity contribution in [3.8, 4) is 0 Å². The SMILES string of the molecule is CCNC(CCc1ccccc1)C1=COCCC1. The number of hydrogen-bond donors (Lipinski definition) is 1. The highest BCUT2D eigenvalue weighted by Crippen LogP contribution is 2.19. The minimum atomic E-state index is 0.468. The summed E-state index contributed by atoms with van der Waals surface area (Å²) in [5.41, 5.74) is 2.84. The largest absolute Gasteiger partial charge is 0.501 e. The Bertz CT molecular complexity index is 372. The molecule has 18 heavy (non-hydrogen) atoms. The van der Waals surface area contributed by atoms with Gasteiger partial charge in [-0.3, -0.25) is 0 Å². The first-order valence-corrected chi connectivity index (χ1v) is 6.98. The van der Waals surface area contributed by atoms with Crippen molar-refractivity contribution in [3.63, 3.8) is 0 Å². The first kappa shape index (κ1) is 13.2. The van der Waals surface area contributed by atoms with Gasteiger partial charge in [-0.15, -0.1) is 0 Å². The van der Waals surface area contributed by atoms with Crippen LogP contribution in [-0.2, 0) is 11.2 Å². The highest BCUT2D eigenvalue weighted by atomic mass is 16.5. The van der Waals surface area contributed by atoms with E-state index in [1.54, 1.807) is 0 Å². The predicted molar refractivity (Wildman–Crippen MR) is 75.5 cm³/mol. The average molecular weight is 245 g/mol. The molecule has 0 spiro atoms. The minimum Gasteiger partial charge on any atom is -0.501 e. The molecule has 0 fully saturated rings. The number of aryl methyl sites for hydroxylation is 1. The van der Waals surface area contributed by atoms with Crippen molar-refractivity contribution in [2.75, 3.05) is 13.2 Å². The second-order valence-electron chi connectivity index (χ2n) is 4.80. The first-order chi connectivity index (χ1) is 8.90. The molecule has 1 unspecified atom stereocenters. The number of hydrogen-bond acceptors (Lipinski definition) is 2. The van der Waals surface area contributed by atoms with Gasteiger partial charge in [-0.2, -0.15) is 0 Å². The maximum atomic E-state index is 5.46. The van der Waals surface area contributed by atoms with E-state index < -0.39 is 0 Å². The molecule has 1 aliphatic heterocycles. The third-order valence-electron chi connectivity index (χ3n) is 3.42. The average Bonchev–Trinajstić information content (AvgIpc) is 2.45. The molecular formula is C16H23NO. The molecule has 0 radical (unpaired) electrons. The van der Waals surface area contributed by atoms with E-state index in [1.165, 1.54) is 17.6 Å². The summed E-state index contributed by atoms with van der Waals surface area (Å²) in [5.74, 6) is 0. The molecule has 1 atom stereocenters. The second kappa shape index (κ2) is 7.22. The molecule has 1 heterocycles. The maximum Gasteiger partial charge on any atom is 0.0876 e. The molecule has 0 aliphatic carbocycles. The molecule has 1 aliphatic rings. The highest BCUT2D eigenvalue weighted by molar-refractivity contribution is 5.17. The molecule has 0 aromatic heterocycles. The van der Waals surface area contributed by atoms with Crippen LogP contribution < -0.4 is 5.32 Å². The molecule has 98 valence electrons. The molecule has 0 saturated heterocycles. The molecule has 0 bridgehead atoms. The summed E-state index contributed by atoms with van der Waals surface area (Å²) in [6, 6.07) is 11.2. The lowest BCUT2D eigenvalue weighted by molar-refractivity contribution is 0.218. The van der Waals surface area contributed by atoms with Crippen LogP contribution in [-0.4, -0.2) is 19.2 Å². The van der Waals surface area contributed by atoms with Crippen molar-refractivity contribution in [1.29, 1.82) is 0 Å².